The highest BCUT2D eigenvalue weighted by Crippen LogP contribution is 2.42. The number of hydrogen-bond acceptors (Lipinski definition) is 2. The van der Waals surface area contributed by atoms with Gasteiger partial charge in [-0.1, -0.05) is 45.6 Å². The Morgan fingerprint density at radius 1 is 0.913 bits per heavy atom. The Kier molecular flexibility index (Phi) is 8.19. The lowest BCUT2D eigenvalue weighted by Crippen LogP contribution is -2.25. The number of rotatable bonds is 7. The molecule has 2 rings (SSSR count). The van der Waals surface area contributed by atoms with E-state index in [-0.39, 0.29) is 5.97 Å². The van der Waals surface area contributed by atoms with Crippen molar-refractivity contribution < 1.29 is 9.53 Å². The molecule has 0 aromatic heterocycles. The molecule has 2 fully saturated rings. The molecule has 0 saturated heterocycles. The normalized spacial score (nSPS) is 32.1. The van der Waals surface area contributed by atoms with Gasteiger partial charge in [-0.2, -0.15) is 0 Å². The van der Waals surface area contributed by atoms with E-state index in [9.17, 15) is 4.79 Å². The summed E-state index contributed by atoms with van der Waals surface area (Å²) >= 11 is 0. The van der Waals surface area contributed by atoms with Crippen molar-refractivity contribution in [3.05, 3.63) is 12.2 Å². The lowest BCUT2D eigenvalue weighted by atomic mass is 9.69. The van der Waals surface area contributed by atoms with Gasteiger partial charge in [0.05, 0.1) is 6.61 Å². The smallest absolute Gasteiger partial charge is 0.330 e. The quantitative estimate of drug-likeness (QED) is 0.430. The van der Waals surface area contributed by atoms with Gasteiger partial charge in [0.2, 0.25) is 0 Å². The molecule has 0 aliphatic heterocycles. The summed E-state index contributed by atoms with van der Waals surface area (Å²) in [5.41, 5.74) is 0. The SMILES string of the molecule is CCCOC(=O)/C=C/C1CCC([C@H]2CC[C@H](CCC)CC2)CC1. The van der Waals surface area contributed by atoms with E-state index in [2.05, 4.69) is 13.0 Å². The molecule has 2 aliphatic carbocycles. The third-order valence-electron chi connectivity index (χ3n) is 6.02. The molecule has 0 bridgehead atoms. The van der Waals surface area contributed by atoms with Crippen LogP contribution in [0, 0.1) is 23.7 Å². The van der Waals surface area contributed by atoms with Crippen molar-refractivity contribution in [1.82, 2.24) is 0 Å². The van der Waals surface area contributed by atoms with Gasteiger partial charge in [-0.25, -0.2) is 4.79 Å². The minimum atomic E-state index is -0.164. The summed E-state index contributed by atoms with van der Waals surface area (Å²) in [6.07, 6.45) is 18.6. The number of carbonyl (C=O) groups is 1. The van der Waals surface area contributed by atoms with Crippen molar-refractivity contribution in [3.8, 4) is 0 Å². The van der Waals surface area contributed by atoms with Gasteiger partial charge in [-0.05, 0) is 68.6 Å². The maximum Gasteiger partial charge on any atom is 0.330 e. The van der Waals surface area contributed by atoms with E-state index in [1.165, 1.54) is 64.2 Å². The average molecular weight is 321 g/mol. The molecule has 132 valence electrons. The second kappa shape index (κ2) is 10.2. The second-order valence-electron chi connectivity index (χ2n) is 7.77. The Hall–Kier alpha value is -0.790. The molecule has 0 aromatic carbocycles. The first-order valence-electron chi connectivity index (χ1n) is 10.1. The molecule has 2 saturated carbocycles. The van der Waals surface area contributed by atoms with Crippen LogP contribution in [0.15, 0.2) is 12.2 Å². The van der Waals surface area contributed by atoms with Crippen LogP contribution < -0.4 is 0 Å². The highest BCUT2D eigenvalue weighted by Gasteiger charge is 2.30. The Labute approximate surface area is 143 Å². The lowest BCUT2D eigenvalue weighted by Gasteiger charge is -2.37. The van der Waals surface area contributed by atoms with E-state index < -0.39 is 0 Å². The van der Waals surface area contributed by atoms with Gasteiger partial charge in [0.1, 0.15) is 0 Å². The standard InChI is InChI=1S/C21H36O2/c1-3-5-17-6-11-19(12-7-17)20-13-8-18(9-14-20)10-15-21(22)23-16-4-2/h10,15,17-20H,3-9,11-14,16H2,1-2H3/b15-10+/t17-,18?,19-,20?. The molecular weight excluding hydrogens is 284 g/mol. The van der Waals surface area contributed by atoms with Gasteiger partial charge in [0.15, 0.2) is 0 Å². The van der Waals surface area contributed by atoms with Crippen LogP contribution in [-0.4, -0.2) is 12.6 Å². The minimum absolute atomic E-state index is 0.164. The van der Waals surface area contributed by atoms with Gasteiger partial charge < -0.3 is 4.74 Å². The molecule has 0 spiro atoms. The van der Waals surface area contributed by atoms with Crippen molar-refractivity contribution in [1.29, 1.82) is 0 Å². The average Bonchev–Trinajstić information content (AvgIpc) is 2.59. The summed E-state index contributed by atoms with van der Waals surface area (Å²) in [5, 5.41) is 0. The molecule has 2 heteroatoms. The summed E-state index contributed by atoms with van der Waals surface area (Å²) < 4.78 is 5.10. The van der Waals surface area contributed by atoms with Crippen LogP contribution >= 0.6 is 0 Å². The van der Waals surface area contributed by atoms with Crippen molar-refractivity contribution >= 4 is 5.97 Å². The molecule has 23 heavy (non-hydrogen) atoms. The number of hydrogen-bond donors (Lipinski definition) is 0. The molecular formula is C21H36O2. The Bertz CT molecular complexity index is 358. The predicted octanol–water partition coefficient (Wildman–Crippen LogP) is 5.91. The van der Waals surface area contributed by atoms with Crippen LogP contribution in [0.2, 0.25) is 0 Å². The summed E-state index contributed by atoms with van der Waals surface area (Å²) in [6.45, 7) is 4.88. The molecule has 2 nitrogen and oxygen atoms in total. The Balaban J connectivity index is 1.66. The summed E-state index contributed by atoms with van der Waals surface area (Å²) in [7, 11) is 0. The summed E-state index contributed by atoms with van der Waals surface area (Å²) in [6, 6.07) is 0. The van der Waals surface area contributed by atoms with Gasteiger partial charge in [0, 0.05) is 6.08 Å². The monoisotopic (exact) mass is 320 g/mol. The highest BCUT2D eigenvalue weighted by molar-refractivity contribution is 5.81. The van der Waals surface area contributed by atoms with Crippen molar-refractivity contribution in [2.45, 2.75) is 84.5 Å². The van der Waals surface area contributed by atoms with E-state index in [0.717, 1.165) is 24.2 Å². The molecule has 2 aliphatic rings. The fraction of sp³-hybridized carbons (Fsp3) is 0.857. The van der Waals surface area contributed by atoms with Crippen LogP contribution in [0.5, 0.6) is 0 Å². The Morgan fingerprint density at radius 3 is 2.09 bits per heavy atom. The third-order valence-corrected chi connectivity index (χ3v) is 6.02. The van der Waals surface area contributed by atoms with E-state index in [1.807, 2.05) is 6.92 Å². The minimum Gasteiger partial charge on any atom is -0.463 e. The highest BCUT2D eigenvalue weighted by atomic mass is 16.5. The van der Waals surface area contributed by atoms with Crippen LogP contribution in [0.3, 0.4) is 0 Å². The number of allylic oxidation sites excluding steroid dienone is 1. The van der Waals surface area contributed by atoms with E-state index >= 15 is 0 Å². The van der Waals surface area contributed by atoms with Crippen molar-refractivity contribution in [2.75, 3.05) is 6.61 Å². The zero-order chi connectivity index (χ0) is 16.5. The zero-order valence-electron chi connectivity index (χ0n) is 15.3. The van der Waals surface area contributed by atoms with Crippen molar-refractivity contribution in [2.24, 2.45) is 23.7 Å². The molecule has 0 aromatic rings. The maximum absolute atomic E-state index is 11.5. The maximum atomic E-state index is 11.5. The predicted molar refractivity (Wildman–Crippen MR) is 96.2 cm³/mol. The van der Waals surface area contributed by atoms with Gasteiger partial charge in [-0.15, -0.1) is 0 Å². The van der Waals surface area contributed by atoms with E-state index in [1.54, 1.807) is 6.08 Å². The summed E-state index contributed by atoms with van der Waals surface area (Å²) in [4.78, 5) is 11.5. The van der Waals surface area contributed by atoms with Gasteiger partial charge in [0.25, 0.3) is 0 Å². The third kappa shape index (κ3) is 6.31. The fourth-order valence-electron chi connectivity index (χ4n) is 4.63. The number of ether oxygens (including phenoxy) is 1. The van der Waals surface area contributed by atoms with Crippen LogP contribution in [0.1, 0.15) is 84.5 Å². The Morgan fingerprint density at radius 2 is 1.52 bits per heavy atom. The first-order valence-corrected chi connectivity index (χ1v) is 10.1. The second-order valence-corrected chi connectivity index (χ2v) is 7.77. The van der Waals surface area contributed by atoms with Gasteiger partial charge >= 0.3 is 5.97 Å². The topological polar surface area (TPSA) is 26.3 Å². The van der Waals surface area contributed by atoms with Crippen LogP contribution in [-0.2, 0) is 9.53 Å². The number of esters is 1. The van der Waals surface area contributed by atoms with E-state index in [0.29, 0.717) is 12.5 Å². The molecule has 0 amide bonds. The first-order chi connectivity index (χ1) is 11.2. The largest absolute Gasteiger partial charge is 0.463 e. The lowest BCUT2D eigenvalue weighted by molar-refractivity contribution is -0.137. The molecule has 0 heterocycles. The summed E-state index contributed by atoms with van der Waals surface area (Å²) in [5.74, 6) is 3.39. The fourth-order valence-corrected chi connectivity index (χ4v) is 4.63. The van der Waals surface area contributed by atoms with Crippen LogP contribution in [0.4, 0.5) is 0 Å². The van der Waals surface area contributed by atoms with Gasteiger partial charge in [-0.3, -0.25) is 0 Å². The molecule has 0 N–H and O–H groups in total. The number of carbonyl (C=O) groups excluding carboxylic acids is 1. The molecule has 0 unspecified atom stereocenters. The first kappa shape index (κ1) is 18.5. The van der Waals surface area contributed by atoms with Crippen LogP contribution in [0.25, 0.3) is 0 Å². The molecule has 0 atom stereocenters. The molecule has 0 radical (unpaired) electrons. The van der Waals surface area contributed by atoms with E-state index in [4.69, 9.17) is 4.74 Å². The zero-order valence-corrected chi connectivity index (χ0v) is 15.3. The van der Waals surface area contributed by atoms with Crippen molar-refractivity contribution in [3.63, 3.8) is 0 Å².